The largest absolute Gasteiger partial charge is 0.353 e. The van der Waals surface area contributed by atoms with Crippen LogP contribution >= 0.6 is 0 Å². The third-order valence-corrected chi connectivity index (χ3v) is 6.99. The van der Waals surface area contributed by atoms with Crippen LogP contribution in [-0.2, 0) is 14.4 Å². The van der Waals surface area contributed by atoms with Crippen LogP contribution in [0.15, 0.2) is 0 Å². The van der Waals surface area contributed by atoms with Crippen molar-refractivity contribution in [2.75, 3.05) is 19.6 Å². The molecule has 3 aliphatic rings. The van der Waals surface area contributed by atoms with E-state index in [9.17, 15) is 14.4 Å². The molecule has 2 heterocycles. The first kappa shape index (κ1) is 22.1. The van der Waals surface area contributed by atoms with Gasteiger partial charge >= 0.3 is 0 Å². The molecule has 6 heteroatoms. The topological polar surface area (TPSA) is 69.7 Å². The zero-order valence-corrected chi connectivity index (χ0v) is 18.5. The Morgan fingerprint density at radius 2 is 1.69 bits per heavy atom. The lowest BCUT2D eigenvalue weighted by molar-refractivity contribution is -0.133. The number of rotatable bonds is 5. The van der Waals surface area contributed by atoms with Crippen LogP contribution in [0.4, 0.5) is 0 Å². The molecular weight excluding hydrogens is 366 g/mol. The summed E-state index contributed by atoms with van der Waals surface area (Å²) in [7, 11) is 0. The first-order valence-corrected chi connectivity index (χ1v) is 11.6. The summed E-state index contributed by atoms with van der Waals surface area (Å²) in [6.45, 7) is 7.98. The van der Waals surface area contributed by atoms with Crippen LogP contribution in [0.3, 0.4) is 0 Å². The van der Waals surface area contributed by atoms with Crippen molar-refractivity contribution in [1.29, 1.82) is 0 Å². The third kappa shape index (κ3) is 5.95. The number of likely N-dealkylation sites (tertiary alicyclic amines) is 2. The molecule has 6 nitrogen and oxygen atoms in total. The van der Waals surface area contributed by atoms with Crippen LogP contribution in [0.25, 0.3) is 0 Å². The number of piperidine rings is 1. The monoisotopic (exact) mass is 405 g/mol. The van der Waals surface area contributed by atoms with Gasteiger partial charge in [-0.25, -0.2) is 0 Å². The van der Waals surface area contributed by atoms with E-state index in [-0.39, 0.29) is 35.2 Å². The second-order valence-electron chi connectivity index (χ2n) is 10.3. The lowest BCUT2D eigenvalue weighted by Gasteiger charge is -2.34. The molecule has 2 aliphatic heterocycles. The number of carbonyl (C=O) groups is 3. The van der Waals surface area contributed by atoms with E-state index in [0.717, 1.165) is 38.3 Å². The summed E-state index contributed by atoms with van der Waals surface area (Å²) in [5.41, 5.74) is -0.241. The molecule has 164 valence electrons. The van der Waals surface area contributed by atoms with Crippen LogP contribution in [0.2, 0.25) is 0 Å². The molecule has 1 saturated carbocycles. The summed E-state index contributed by atoms with van der Waals surface area (Å²) >= 11 is 0. The van der Waals surface area contributed by atoms with Gasteiger partial charge in [-0.2, -0.15) is 0 Å². The minimum absolute atomic E-state index is 0.00725. The Balaban J connectivity index is 1.37. The van der Waals surface area contributed by atoms with Crippen LogP contribution in [0.5, 0.6) is 0 Å². The van der Waals surface area contributed by atoms with E-state index >= 15 is 0 Å². The van der Waals surface area contributed by atoms with E-state index in [4.69, 9.17) is 0 Å². The van der Waals surface area contributed by atoms with Crippen LogP contribution < -0.4 is 5.32 Å². The average Bonchev–Trinajstić information content (AvgIpc) is 3.10. The zero-order valence-electron chi connectivity index (χ0n) is 18.5. The summed E-state index contributed by atoms with van der Waals surface area (Å²) in [4.78, 5) is 41.2. The molecule has 0 aromatic carbocycles. The van der Waals surface area contributed by atoms with Gasteiger partial charge in [-0.1, -0.05) is 32.1 Å². The Hall–Kier alpha value is -1.59. The van der Waals surface area contributed by atoms with E-state index in [2.05, 4.69) is 5.32 Å². The molecule has 3 fully saturated rings. The minimum atomic E-state index is -0.253. The third-order valence-electron chi connectivity index (χ3n) is 6.99. The van der Waals surface area contributed by atoms with Gasteiger partial charge < -0.3 is 15.1 Å². The minimum Gasteiger partial charge on any atom is -0.353 e. The Labute approximate surface area is 175 Å². The Bertz CT molecular complexity index is 599. The van der Waals surface area contributed by atoms with Crippen LogP contribution in [0.1, 0.15) is 85.0 Å². The highest BCUT2D eigenvalue weighted by Gasteiger charge is 2.40. The molecule has 1 aliphatic carbocycles. The highest BCUT2D eigenvalue weighted by Crippen LogP contribution is 2.28. The molecule has 0 aromatic rings. The highest BCUT2D eigenvalue weighted by atomic mass is 16.2. The molecule has 3 amide bonds. The fourth-order valence-electron chi connectivity index (χ4n) is 5.09. The molecule has 1 atom stereocenters. The van der Waals surface area contributed by atoms with Gasteiger partial charge in [-0.3, -0.25) is 14.4 Å². The molecule has 0 bridgehead atoms. The molecular formula is C23H39N3O3. The molecule has 1 unspecified atom stereocenters. The predicted molar refractivity (Wildman–Crippen MR) is 113 cm³/mol. The summed E-state index contributed by atoms with van der Waals surface area (Å²) in [6.07, 6.45) is 10.2. The van der Waals surface area contributed by atoms with Crippen molar-refractivity contribution in [2.45, 2.75) is 96.6 Å². The normalized spacial score (nSPS) is 24.8. The molecule has 0 radical (unpaired) electrons. The van der Waals surface area contributed by atoms with E-state index < -0.39 is 0 Å². The second-order valence-corrected chi connectivity index (χ2v) is 10.3. The van der Waals surface area contributed by atoms with E-state index in [1.807, 2.05) is 30.6 Å². The summed E-state index contributed by atoms with van der Waals surface area (Å²) < 4.78 is 0. The number of amides is 3. The predicted octanol–water partition coefficient (Wildman–Crippen LogP) is 3.10. The van der Waals surface area contributed by atoms with Gasteiger partial charge in [0.1, 0.15) is 0 Å². The van der Waals surface area contributed by atoms with Crippen molar-refractivity contribution in [3.05, 3.63) is 0 Å². The van der Waals surface area contributed by atoms with Crippen LogP contribution in [0, 0.1) is 11.8 Å². The number of hydrogen-bond acceptors (Lipinski definition) is 3. The maximum Gasteiger partial charge on any atom is 0.225 e. The number of hydrogen-bond donors (Lipinski definition) is 1. The molecule has 0 spiro atoms. The lowest BCUT2D eigenvalue weighted by Crippen LogP contribution is -2.48. The van der Waals surface area contributed by atoms with Gasteiger partial charge in [-0.15, -0.1) is 0 Å². The van der Waals surface area contributed by atoms with Crippen molar-refractivity contribution in [1.82, 2.24) is 15.1 Å². The van der Waals surface area contributed by atoms with Gasteiger partial charge in [0.25, 0.3) is 0 Å². The Morgan fingerprint density at radius 3 is 2.28 bits per heavy atom. The highest BCUT2D eigenvalue weighted by molar-refractivity contribution is 5.89. The SMILES string of the molecule is CC(C)(C)N1CC(C(=O)NC2CCN(C(=O)CCC3CCCCC3)CC2)CC1=O. The summed E-state index contributed by atoms with van der Waals surface area (Å²) in [6, 6.07) is 0.115. The van der Waals surface area contributed by atoms with Crippen LogP contribution in [-0.4, -0.2) is 58.7 Å². The smallest absolute Gasteiger partial charge is 0.225 e. The number of carbonyl (C=O) groups excluding carboxylic acids is 3. The van der Waals surface area contributed by atoms with E-state index in [1.54, 1.807) is 0 Å². The van der Waals surface area contributed by atoms with Gasteiger partial charge in [0.15, 0.2) is 0 Å². The molecule has 1 N–H and O–H groups in total. The maximum absolute atomic E-state index is 12.7. The fourth-order valence-corrected chi connectivity index (χ4v) is 5.09. The average molecular weight is 406 g/mol. The fraction of sp³-hybridized carbons (Fsp3) is 0.870. The Kier molecular flexibility index (Phi) is 7.23. The standard InChI is InChI=1S/C23H39N3O3/c1-23(2,3)26-16-18(15-21(26)28)22(29)24-19-11-13-25(14-12-19)20(27)10-9-17-7-5-4-6-8-17/h17-19H,4-16H2,1-3H3,(H,24,29). The van der Waals surface area contributed by atoms with Crippen molar-refractivity contribution >= 4 is 17.7 Å². The number of nitrogens with one attached hydrogen (secondary N) is 1. The lowest BCUT2D eigenvalue weighted by atomic mass is 9.86. The van der Waals surface area contributed by atoms with Crippen molar-refractivity contribution in [3.63, 3.8) is 0 Å². The van der Waals surface area contributed by atoms with Gasteiger partial charge in [-0.05, 0) is 46.0 Å². The van der Waals surface area contributed by atoms with Crippen molar-refractivity contribution in [2.24, 2.45) is 11.8 Å². The first-order chi connectivity index (χ1) is 13.7. The van der Waals surface area contributed by atoms with Crippen molar-refractivity contribution in [3.8, 4) is 0 Å². The van der Waals surface area contributed by atoms with Gasteiger partial charge in [0.2, 0.25) is 17.7 Å². The quantitative estimate of drug-likeness (QED) is 0.764. The molecule has 2 saturated heterocycles. The molecule has 29 heavy (non-hydrogen) atoms. The number of nitrogens with zero attached hydrogens (tertiary/aromatic N) is 2. The van der Waals surface area contributed by atoms with Crippen molar-refractivity contribution < 1.29 is 14.4 Å². The van der Waals surface area contributed by atoms with E-state index in [0.29, 0.717) is 19.4 Å². The second kappa shape index (κ2) is 9.48. The molecule has 0 aromatic heterocycles. The zero-order chi connectivity index (χ0) is 21.0. The first-order valence-electron chi connectivity index (χ1n) is 11.6. The van der Waals surface area contributed by atoms with Gasteiger partial charge in [0, 0.05) is 44.1 Å². The van der Waals surface area contributed by atoms with Gasteiger partial charge in [0.05, 0.1) is 5.92 Å². The summed E-state index contributed by atoms with van der Waals surface area (Å²) in [5, 5.41) is 3.14. The van der Waals surface area contributed by atoms with E-state index in [1.165, 1.54) is 32.1 Å². The Morgan fingerprint density at radius 1 is 1.03 bits per heavy atom. The maximum atomic E-state index is 12.7. The summed E-state index contributed by atoms with van der Waals surface area (Å²) in [5.74, 6) is 0.828. The molecule has 3 rings (SSSR count).